The fraction of sp³-hybridized carbons (Fsp3) is 0.435. The third-order valence-corrected chi connectivity index (χ3v) is 6.02. The van der Waals surface area contributed by atoms with Gasteiger partial charge in [0.2, 0.25) is 5.88 Å². The Labute approximate surface area is 191 Å². The highest BCUT2D eigenvalue weighted by atomic mass is 16.5. The van der Waals surface area contributed by atoms with E-state index in [-0.39, 0.29) is 17.9 Å². The molecule has 170 valence electrons. The van der Waals surface area contributed by atoms with Crippen molar-refractivity contribution < 1.29 is 14.6 Å². The van der Waals surface area contributed by atoms with Crippen LogP contribution in [0, 0.1) is 11.3 Å². The van der Waals surface area contributed by atoms with E-state index in [0.717, 1.165) is 50.1 Å². The van der Waals surface area contributed by atoms with Gasteiger partial charge in [-0.1, -0.05) is 0 Å². The first kappa shape index (κ1) is 21.2. The van der Waals surface area contributed by atoms with Crippen molar-refractivity contribution in [3.63, 3.8) is 0 Å². The molecule has 0 aromatic carbocycles. The molecular weight excluding hydrogens is 422 g/mol. The van der Waals surface area contributed by atoms with Crippen LogP contribution in [0.1, 0.15) is 31.4 Å². The topological polar surface area (TPSA) is 129 Å². The smallest absolute Gasteiger partial charge is 0.225 e. The molecule has 0 amide bonds. The number of hydrogen-bond donors (Lipinski definition) is 2. The van der Waals surface area contributed by atoms with Gasteiger partial charge in [-0.25, -0.2) is 9.97 Å². The molecule has 3 aromatic heterocycles. The summed E-state index contributed by atoms with van der Waals surface area (Å²) in [4.78, 5) is 19.7. The van der Waals surface area contributed by atoms with E-state index in [1.54, 1.807) is 12.3 Å². The summed E-state index contributed by atoms with van der Waals surface area (Å²) in [5, 5.41) is 22.9. The van der Waals surface area contributed by atoms with E-state index < -0.39 is 0 Å². The number of nitriles is 1. The number of aromatic hydroxyl groups is 1. The Morgan fingerprint density at radius 2 is 1.88 bits per heavy atom. The van der Waals surface area contributed by atoms with Crippen LogP contribution in [-0.4, -0.2) is 63.5 Å². The number of nitrogens with zero attached hydrogens (tertiary/aromatic N) is 6. The predicted octanol–water partition coefficient (Wildman–Crippen LogP) is 2.64. The maximum absolute atomic E-state index is 9.98. The molecule has 10 heteroatoms. The maximum atomic E-state index is 9.98. The van der Waals surface area contributed by atoms with Crippen LogP contribution in [0.15, 0.2) is 30.7 Å². The maximum Gasteiger partial charge on any atom is 0.225 e. The molecule has 3 aromatic rings. The Balaban J connectivity index is 1.28. The van der Waals surface area contributed by atoms with Crippen molar-refractivity contribution in [1.82, 2.24) is 19.9 Å². The molecule has 0 unspecified atom stereocenters. The van der Waals surface area contributed by atoms with E-state index in [9.17, 15) is 5.11 Å². The number of anilines is 2. The van der Waals surface area contributed by atoms with Crippen LogP contribution in [0.5, 0.6) is 11.6 Å². The number of fused-ring (bicyclic) bond motifs is 1. The van der Waals surface area contributed by atoms with Gasteiger partial charge in [-0.2, -0.15) is 10.2 Å². The van der Waals surface area contributed by atoms with Crippen LogP contribution in [0.3, 0.4) is 0 Å². The second kappa shape index (κ2) is 9.42. The molecule has 4 heterocycles. The Bertz CT molecular complexity index is 1150. The SMILES string of the molecule is N#Cc1cnc(NC2CCC(Oc3nc(N4CCOCC4)cc4ncc(O)cc34)CC2)cn1. The summed E-state index contributed by atoms with van der Waals surface area (Å²) in [5.41, 5.74) is 1.05. The van der Waals surface area contributed by atoms with Gasteiger partial charge in [-0.05, 0) is 31.7 Å². The number of ether oxygens (including phenoxy) is 2. The number of aromatic nitrogens is 4. The first-order chi connectivity index (χ1) is 16.2. The van der Waals surface area contributed by atoms with Gasteiger partial charge < -0.3 is 24.8 Å². The molecule has 0 bridgehead atoms. The first-order valence-electron chi connectivity index (χ1n) is 11.2. The lowest BCUT2D eigenvalue weighted by Gasteiger charge is -2.31. The largest absolute Gasteiger partial charge is 0.506 e. The van der Waals surface area contributed by atoms with Crippen molar-refractivity contribution in [2.24, 2.45) is 0 Å². The minimum Gasteiger partial charge on any atom is -0.506 e. The van der Waals surface area contributed by atoms with Crippen LogP contribution in [0.25, 0.3) is 10.9 Å². The molecule has 1 aliphatic heterocycles. The highest BCUT2D eigenvalue weighted by Gasteiger charge is 2.25. The minimum absolute atomic E-state index is 0.0214. The summed E-state index contributed by atoms with van der Waals surface area (Å²) in [6, 6.07) is 5.83. The van der Waals surface area contributed by atoms with E-state index >= 15 is 0 Å². The van der Waals surface area contributed by atoms with Gasteiger partial charge in [0.05, 0.1) is 42.7 Å². The van der Waals surface area contributed by atoms with Crippen molar-refractivity contribution in [2.75, 3.05) is 36.5 Å². The first-order valence-corrected chi connectivity index (χ1v) is 11.2. The molecule has 2 N–H and O–H groups in total. The summed E-state index contributed by atoms with van der Waals surface area (Å²) in [6.45, 7) is 2.87. The number of rotatable bonds is 5. The fourth-order valence-corrected chi connectivity index (χ4v) is 4.27. The van der Waals surface area contributed by atoms with Crippen LogP contribution >= 0.6 is 0 Å². The number of pyridine rings is 2. The zero-order valence-electron chi connectivity index (χ0n) is 18.1. The van der Waals surface area contributed by atoms with Crippen LogP contribution in [-0.2, 0) is 4.74 Å². The average molecular weight is 447 g/mol. The Kier molecular flexibility index (Phi) is 6.04. The van der Waals surface area contributed by atoms with Gasteiger partial charge in [0.1, 0.15) is 29.6 Å². The van der Waals surface area contributed by atoms with E-state index in [2.05, 4.69) is 25.2 Å². The number of hydrogen-bond acceptors (Lipinski definition) is 10. The highest BCUT2D eigenvalue weighted by Crippen LogP contribution is 2.33. The zero-order chi connectivity index (χ0) is 22.6. The summed E-state index contributed by atoms with van der Waals surface area (Å²) in [7, 11) is 0. The number of nitrogens with one attached hydrogen (secondary N) is 1. The van der Waals surface area contributed by atoms with E-state index in [0.29, 0.717) is 36.0 Å². The van der Waals surface area contributed by atoms with Gasteiger partial charge in [0, 0.05) is 25.2 Å². The van der Waals surface area contributed by atoms with Crippen LogP contribution < -0.4 is 15.0 Å². The van der Waals surface area contributed by atoms with Crippen LogP contribution in [0.2, 0.25) is 0 Å². The Morgan fingerprint density at radius 1 is 1.06 bits per heavy atom. The molecule has 0 radical (unpaired) electrons. The lowest BCUT2D eigenvalue weighted by Crippen LogP contribution is -2.37. The molecule has 1 aliphatic carbocycles. The summed E-state index contributed by atoms with van der Waals surface area (Å²) in [6.07, 6.45) is 8.07. The van der Waals surface area contributed by atoms with E-state index in [4.69, 9.17) is 19.7 Å². The van der Waals surface area contributed by atoms with Gasteiger partial charge in [0.25, 0.3) is 0 Å². The zero-order valence-corrected chi connectivity index (χ0v) is 18.1. The number of morpholine rings is 1. The molecule has 1 saturated carbocycles. The molecular formula is C23H25N7O3. The monoisotopic (exact) mass is 447 g/mol. The Hall–Kier alpha value is -3.71. The average Bonchev–Trinajstić information content (AvgIpc) is 2.86. The third kappa shape index (κ3) is 4.88. The standard InChI is InChI=1S/C23H25N7O3/c24-11-16-12-27-21(14-25-16)28-15-1-3-18(4-2-15)33-23-19-9-17(31)13-26-20(19)10-22(29-23)30-5-7-32-8-6-30/h9-10,12-15,18,31H,1-8H2,(H,27,28). The van der Waals surface area contributed by atoms with E-state index in [1.165, 1.54) is 12.4 Å². The normalized spacial score (nSPS) is 20.9. The molecule has 0 atom stereocenters. The van der Waals surface area contributed by atoms with Gasteiger partial charge in [-0.3, -0.25) is 4.98 Å². The lowest BCUT2D eigenvalue weighted by atomic mass is 9.93. The van der Waals surface area contributed by atoms with Gasteiger partial charge in [-0.15, -0.1) is 0 Å². The van der Waals surface area contributed by atoms with Crippen LogP contribution in [0.4, 0.5) is 11.6 Å². The second-order valence-electron chi connectivity index (χ2n) is 8.28. The van der Waals surface area contributed by atoms with Gasteiger partial charge >= 0.3 is 0 Å². The van der Waals surface area contributed by atoms with Crippen molar-refractivity contribution in [3.8, 4) is 17.7 Å². The Morgan fingerprint density at radius 3 is 2.61 bits per heavy atom. The highest BCUT2D eigenvalue weighted by molar-refractivity contribution is 5.86. The van der Waals surface area contributed by atoms with Crippen molar-refractivity contribution in [2.45, 2.75) is 37.8 Å². The van der Waals surface area contributed by atoms with Gasteiger partial charge in [0.15, 0.2) is 5.69 Å². The molecule has 5 rings (SSSR count). The summed E-state index contributed by atoms with van der Waals surface area (Å²) in [5.74, 6) is 2.08. The fourth-order valence-electron chi connectivity index (χ4n) is 4.27. The lowest BCUT2D eigenvalue weighted by molar-refractivity contribution is 0.122. The molecule has 10 nitrogen and oxygen atoms in total. The molecule has 33 heavy (non-hydrogen) atoms. The van der Waals surface area contributed by atoms with Crippen molar-refractivity contribution in [3.05, 3.63) is 36.4 Å². The molecule has 1 saturated heterocycles. The summed E-state index contributed by atoms with van der Waals surface area (Å²) >= 11 is 0. The van der Waals surface area contributed by atoms with Crippen molar-refractivity contribution in [1.29, 1.82) is 5.26 Å². The molecule has 2 aliphatic rings. The second-order valence-corrected chi connectivity index (χ2v) is 8.28. The minimum atomic E-state index is 0.0214. The predicted molar refractivity (Wildman–Crippen MR) is 121 cm³/mol. The molecule has 0 spiro atoms. The molecule has 2 fully saturated rings. The van der Waals surface area contributed by atoms with E-state index in [1.807, 2.05) is 12.1 Å². The summed E-state index contributed by atoms with van der Waals surface area (Å²) < 4.78 is 11.8. The third-order valence-electron chi connectivity index (χ3n) is 6.02. The quantitative estimate of drug-likeness (QED) is 0.602. The van der Waals surface area contributed by atoms with Crippen molar-refractivity contribution >= 4 is 22.5 Å².